The zero-order valence-corrected chi connectivity index (χ0v) is 16.8. The first-order valence-electron chi connectivity index (χ1n) is 9.44. The summed E-state index contributed by atoms with van der Waals surface area (Å²) in [5.41, 5.74) is -0.141. The van der Waals surface area contributed by atoms with Gasteiger partial charge in [0.2, 0.25) is 11.8 Å². The van der Waals surface area contributed by atoms with E-state index in [9.17, 15) is 14.0 Å². The van der Waals surface area contributed by atoms with E-state index >= 15 is 0 Å². The van der Waals surface area contributed by atoms with Crippen LogP contribution in [0.4, 0.5) is 10.1 Å². The first-order valence-corrected chi connectivity index (χ1v) is 9.44. The Morgan fingerprint density at radius 1 is 1.11 bits per heavy atom. The van der Waals surface area contributed by atoms with Crippen molar-refractivity contribution in [3.05, 3.63) is 30.1 Å². The summed E-state index contributed by atoms with van der Waals surface area (Å²) in [6, 6.07) is 6.38. The van der Waals surface area contributed by atoms with Gasteiger partial charge < -0.3 is 20.0 Å². The van der Waals surface area contributed by atoms with Crippen LogP contribution in [0.5, 0.6) is 0 Å². The van der Waals surface area contributed by atoms with Crippen LogP contribution in [0.25, 0.3) is 0 Å². The van der Waals surface area contributed by atoms with Crippen molar-refractivity contribution in [2.24, 2.45) is 5.41 Å². The number of hydrogen-bond donors (Lipinski definition) is 1. The maximum atomic E-state index is 13.1. The molecule has 0 aromatic heterocycles. The minimum absolute atomic E-state index is 0.147. The van der Waals surface area contributed by atoms with Gasteiger partial charge in [-0.3, -0.25) is 9.59 Å². The Kier molecular flexibility index (Phi) is 7.18. The first kappa shape index (κ1) is 21.2. The lowest BCUT2D eigenvalue weighted by Gasteiger charge is -2.39. The topological polar surface area (TPSA) is 55.9 Å². The van der Waals surface area contributed by atoms with Gasteiger partial charge in [-0.25, -0.2) is 4.39 Å². The summed E-state index contributed by atoms with van der Waals surface area (Å²) in [6.07, 6.45) is 0.847. The second-order valence-corrected chi connectivity index (χ2v) is 7.79. The molecule has 0 atom stereocenters. The standard InChI is InChI=1S/C20H31FN4O2/c1-20(2,18(26)22-10-5-11-23(3)4)19(27)25-14-12-24(13-15-25)17-8-6-16(21)7-9-17/h6-9H,5,10-15H2,1-4H3,(H,22,26). The highest BCUT2D eigenvalue weighted by molar-refractivity contribution is 6.04. The van der Waals surface area contributed by atoms with Crippen molar-refractivity contribution in [2.45, 2.75) is 20.3 Å². The highest BCUT2D eigenvalue weighted by Gasteiger charge is 2.39. The summed E-state index contributed by atoms with van der Waals surface area (Å²) in [5, 5.41) is 2.88. The van der Waals surface area contributed by atoms with Gasteiger partial charge in [-0.15, -0.1) is 0 Å². The number of nitrogens with zero attached hydrogens (tertiary/aromatic N) is 3. The molecule has 1 aliphatic heterocycles. The summed E-state index contributed by atoms with van der Waals surface area (Å²) in [5.74, 6) is -0.635. The molecule has 0 spiro atoms. The zero-order chi connectivity index (χ0) is 20.0. The molecule has 1 aliphatic rings. The molecule has 0 saturated carbocycles. The number of piperazine rings is 1. The van der Waals surface area contributed by atoms with Crippen molar-refractivity contribution in [1.29, 1.82) is 0 Å². The van der Waals surface area contributed by atoms with Gasteiger partial charge in [0.15, 0.2) is 0 Å². The number of carbonyl (C=O) groups excluding carboxylic acids is 2. The molecule has 0 aliphatic carbocycles. The zero-order valence-electron chi connectivity index (χ0n) is 16.8. The van der Waals surface area contributed by atoms with E-state index in [1.165, 1.54) is 12.1 Å². The summed E-state index contributed by atoms with van der Waals surface area (Å²) in [6.45, 7) is 7.24. The van der Waals surface area contributed by atoms with E-state index in [1.807, 2.05) is 14.1 Å². The Hall–Kier alpha value is -2.15. The lowest BCUT2D eigenvalue weighted by Crippen LogP contribution is -2.55. The number of nitrogens with one attached hydrogen (secondary N) is 1. The van der Waals surface area contributed by atoms with Gasteiger partial charge in [-0.2, -0.15) is 0 Å². The van der Waals surface area contributed by atoms with E-state index < -0.39 is 5.41 Å². The molecule has 0 radical (unpaired) electrons. The van der Waals surface area contributed by atoms with E-state index in [-0.39, 0.29) is 17.6 Å². The van der Waals surface area contributed by atoms with Gasteiger partial charge in [0.1, 0.15) is 11.2 Å². The van der Waals surface area contributed by atoms with E-state index in [4.69, 9.17) is 0 Å². The Labute approximate surface area is 161 Å². The minimum Gasteiger partial charge on any atom is -0.368 e. The number of halogens is 1. The molecule has 27 heavy (non-hydrogen) atoms. The van der Waals surface area contributed by atoms with E-state index in [2.05, 4.69) is 15.1 Å². The summed E-state index contributed by atoms with van der Waals surface area (Å²) in [7, 11) is 3.97. The Morgan fingerprint density at radius 2 is 1.70 bits per heavy atom. The van der Waals surface area contributed by atoms with E-state index in [1.54, 1.807) is 30.9 Å². The lowest BCUT2D eigenvalue weighted by molar-refractivity contribution is -0.148. The van der Waals surface area contributed by atoms with Crippen LogP contribution >= 0.6 is 0 Å². The van der Waals surface area contributed by atoms with Crippen LogP contribution in [-0.2, 0) is 9.59 Å². The Balaban J connectivity index is 1.85. The third kappa shape index (κ3) is 5.66. The van der Waals surface area contributed by atoms with Gasteiger partial charge in [0, 0.05) is 38.4 Å². The first-order chi connectivity index (χ1) is 12.7. The predicted octanol–water partition coefficient (Wildman–Crippen LogP) is 1.57. The van der Waals surface area contributed by atoms with Gasteiger partial charge in [0.25, 0.3) is 0 Å². The quantitative estimate of drug-likeness (QED) is 0.578. The number of hydrogen-bond acceptors (Lipinski definition) is 4. The van der Waals surface area contributed by atoms with Crippen LogP contribution in [0.1, 0.15) is 20.3 Å². The molecule has 1 aromatic rings. The van der Waals surface area contributed by atoms with Crippen LogP contribution in [0.15, 0.2) is 24.3 Å². The average molecular weight is 378 g/mol. The van der Waals surface area contributed by atoms with Gasteiger partial charge >= 0.3 is 0 Å². The van der Waals surface area contributed by atoms with Crippen molar-refractivity contribution >= 4 is 17.5 Å². The van der Waals surface area contributed by atoms with Crippen LogP contribution < -0.4 is 10.2 Å². The van der Waals surface area contributed by atoms with Gasteiger partial charge in [0.05, 0.1) is 0 Å². The Morgan fingerprint density at radius 3 is 2.26 bits per heavy atom. The van der Waals surface area contributed by atoms with Crippen molar-refractivity contribution in [3.63, 3.8) is 0 Å². The third-order valence-electron chi connectivity index (χ3n) is 4.93. The molecule has 6 nitrogen and oxygen atoms in total. The molecule has 1 heterocycles. The number of amides is 2. The molecule has 0 bridgehead atoms. The van der Waals surface area contributed by atoms with Crippen molar-refractivity contribution in [2.75, 3.05) is 58.3 Å². The van der Waals surface area contributed by atoms with Crippen LogP contribution in [0.2, 0.25) is 0 Å². The fourth-order valence-corrected chi connectivity index (χ4v) is 3.13. The molecule has 2 amide bonds. The highest BCUT2D eigenvalue weighted by Crippen LogP contribution is 2.22. The summed E-state index contributed by atoms with van der Waals surface area (Å²) >= 11 is 0. The Bertz CT molecular complexity index is 638. The highest BCUT2D eigenvalue weighted by atomic mass is 19.1. The number of carbonyl (C=O) groups is 2. The molecular formula is C20H31FN4O2. The smallest absolute Gasteiger partial charge is 0.237 e. The van der Waals surface area contributed by atoms with Crippen molar-refractivity contribution in [1.82, 2.24) is 15.1 Å². The largest absolute Gasteiger partial charge is 0.368 e. The molecule has 1 N–H and O–H groups in total. The van der Waals surface area contributed by atoms with Crippen LogP contribution in [0, 0.1) is 11.2 Å². The normalized spacial score (nSPS) is 15.2. The van der Waals surface area contributed by atoms with Gasteiger partial charge in [-0.05, 0) is 65.2 Å². The molecule has 7 heteroatoms. The monoisotopic (exact) mass is 378 g/mol. The molecule has 1 saturated heterocycles. The fourth-order valence-electron chi connectivity index (χ4n) is 3.13. The summed E-state index contributed by atoms with van der Waals surface area (Å²) < 4.78 is 13.1. The number of anilines is 1. The second kappa shape index (κ2) is 9.17. The third-order valence-corrected chi connectivity index (χ3v) is 4.93. The maximum absolute atomic E-state index is 13.1. The second-order valence-electron chi connectivity index (χ2n) is 7.79. The fraction of sp³-hybridized carbons (Fsp3) is 0.600. The SMILES string of the molecule is CN(C)CCCNC(=O)C(C)(C)C(=O)N1CCN(c2ccc(F)cc2)CC1. The lowest BCUT2D eigenvalue weighted by atomic mass is 9.90. The van der Waals surface area contributed by atoms with E-state index in [0.717, 1.165) is 18.7 Å². The minimum atomic E-state index is -1.09. The molecule has 150 valence electrons. The molecule has 1 fully saturated rings. The number of benzene rings is 1. The summed E-state index contributed by atoms with van der Waals surface area (Å²) in [4.78, 5) is 31.3. The number of rotatable bonds is 7. The van der Waals surface area contributed by atoms with Crippen LogP contribution in [-0.4, -0.2) is 75.0 Å². The van der Waals surface area contributed by atoms with Crippen LogP contribution in [0.3, 0.4) is 0 Å². The maximum Gasteiger partial charge on any atom is 0.237 e. The van der Waals surface area contributed by atoms with Gasteiger partial charge in [-0.1, -0.05) is 0 Å². The molecule has 0 unspecified atom stereocenters. The molecule has 2 rings (SSSR count). The average Bonchev–Trinajstić information content (AvgIpc) is 2.65. The molecular weight excluding hydrogens is 347 g/mol. The predicted molar refractivity (Wildman–Crippen MR) is 105 cm³/mol. The molecule has 1 aromatic carbocycles. The van der Waals surface area contributed by atoms with E-state index in [0.29, 0.717) is 32.7 Å². The van der Waals surface area contributed by atoms with Crippen molar-refractivity contribution < 1.29 is 14.0 Å². The van der Waals surface area contributed by atoms with Crippen molar-refractivity contribution in [3.8, 4) is 0 Å².